The summed E-state index contributed by atoms with van der Waals surface area (Å²) >= 11 is 0. The highest BCUT2D eigenvalue weighted by Crippen LogP contribution is 2.07. The molecule has 0 aliphatic heterocycles. The van der Waals surface area contributed by atoms with Crippen LogP contribution in [0, 0.1) is 5.92 Å². The smallest absolute Gasteiger partial charge is 0.326 e. The maximum absolute atomic E-state index is 13.0. The van der Waals surface area contributed by atoms with Crippen LogP contribution in [0.5, 0.6) is 0 Å². The van der Waals surface area contributed by atoms with E-state index in [-0.39, 0.29) is 44.6 Å². The highest BCUT2D eigenvalue weighted by molar-refractivity contribution is 5.94. The topological polar surface area (TPSA) is 301 Å². The average molecular weight is 530 g/mol. The minimum atomic E-state index is -1.36. The maximum Gasteiger partial charge on any atom is 0.326 e. The molecule has 16 heteroatoms. The van der Waals surface area contributed by atoms with Crippen molar-refractivity contribution in [1.29, 1.82) is 0 Å². The van der Waals surface area contributed by atoms with Crippen LogP contribution in [0.1, 0.15) is 52.4 Å². The normalized spacial score (nSPS) is 13.9. The third-order valence-corrected chi connectivity index (χ3v) is 5.16. The number of nitrogens with one attached hydrogen (secondary N) is 3. The first-order chi connectivity index (χ1) is 17.1. The molecule has 0 spiro atoms. The standard InChI is InChI=1S/C21H39N9O7/c1-10(2)16(20(36)37)30-19(35)13(6-8-15(24)32)29-18(34)12(5-7-14(23)31)28-17(33)11(22)4-3-9-27-21(25)26/h10-13,16H,3-9,22H2,1-2H3,(H2,23,31)(H2,24,32)(H,28,33)(H,29,34)(H,30,35)(H,36,37)(H4,25,26,27). The van der Waals surface area contributed by atoms with Crippen LogP contribution in [-0.2, 0) is 28.8 Å². The van der Waals surface area contributed by atoms with Gasteiger partial charge in [0.15, 0.2) is 5.96 Å². The van der Waals surface area contributed by atoms with E-state index in [1.807, 2.05) is 0 Å². The molecular formula is C21H39N9O7. The molecule has 0 aliphatic carbocycles. The number of nitrogens with two attached hydrogens (primary N) is 5. The van der Waals surface area contributed by atoms with Crippen LogP contribution in [0.25, 0.3) is 0 Å². The number of aliphatic imine (C=N–C) groups is 1. The van der Waals surface area contributed by atoms with Gasteiger partial charge in [-0.1, -0.05) is 13.8 Å². The number of carboxylic acids is 1. The minimum Gasteiger partial charge on any atom is -0.480 e. The Morgan fingerprint density at radius 2 is 1.22 bits per heavy atom. The Morgan fingerprint density at radius 3 is 1.62 bits per heavy atom. The van der Waals surface area contributed by atoms with E-state index >= 15 is 0 Å². The Kier molecular flexibility index (Phi) is 14.9. The number of carbonyl (C=O) groups excluding carboxylic acids is 5. The molecular weight excluding hydrogens is 490 g/mol. The number of nitrogens with zero attached hydrogens (tertiary/aromatic N) is 1. The predicted octanol–water partition coefficient (Wildman–Crippen LogP) is -3.91. The van der Waals surface area contributed by atoms with E-state index in [1.54, 1.807) is 13.8 Å². The molecule has 0 heterocycles. The Labute approximate surface area is 214 Å². The highest BCUT2D eigenvalue weighted by Gasteiger charge is 2.31. The second-order valence-corrected chi connectivity index (χ2v) is 8.76. The molecule has 4 atom stereocenters. The summed E-state index contributed by atoms with van der Waals surface area (Å²) in [5, 5.41) is 16.5. The number of carboxylic acid groups (broad SMARTS) is 1. The first-order valence-electron chi connectivity index (χ1n) is 11.7. The van der Waals surface area contributed by atoms with Crippen molar-refractivity contribution in [3.05, 3.63) is 0 Å². The van der Waals surface area contributed by atoms with Crippen LogP contribution < -0.4 is 44.6 Å². The van der Waals surface area contributed by atoms with E-state index < -0.39 is 65.6 Å². The number of primary amides is 2. The third kappa shape index (κ3) is 14.3. The van der Waals surface area contributed by atoms with E-state index in [1.165, 1.54) is 0 Å². The fourth-order valence-electron chi connectivity index (χ4n) is 3.08. The van der Waals surface area contributed by atoms with Gasteiger partial charge in [-0.15, -0.1) is 0 Å². The lowest BCUT2D eigenvalue weighted by Crippen LogP contribution is -2.57. The van der Waals surface area contributed by atoms with Gasteiger partial charge in [0, 0.05) is 19.4 Å². The number of carbonyl (C=O) groups is 6. The van der Waals surface area contributed by atoms with E-state index in [4.69, 9.17) is 28.7 Å². The summed E-state index contributed by atoms with van der Waals surface area (Å²) in [6.07, 6.45) is -0.454. The van der Waals surface area contributed by atoms with Gasteiger partial charge in [-0.2, -0.15) is 0 Å². The molecule has 5 amide bonds. The molecule has 0 aromatic heterocycles. The molecule has 14 N–H and O–H groups in total. The molecule has 0 saturated heterocycles. The van der Waals surface area contributed by atoms with Crippen molar-refractivity contribution in [2.45, 2.75) is 76.5 Å². The Bertz CT molecular complexity index is 859. The van der Waals surface area contributed by atoms with Crippen molar-refractivity contribution >= 4 is 41.5 Å². The van der Waals surface area contributed by atoms with Crippen molar-refractivity contribution in [3.8, 4) is 0 Å². The van der Waals surface area contributed by atoms with E-state index in [2.05, 4.69) is 20.9 Å². The number of hydrogen-bond donors (Lipinski definition) is 9. The second kappa shape index (κ2) is 16.7. The fraction of sp³-hybridized carbons (Fsp3) is 0.667. The Balaban J connectivity index is 5.54. The quantitative estimate of drug-likeness (QED) is 0.0472. The number of amides is 5. The van der Waals surface area contributed by atoms with Crippen LogP contribution in [0.2, 0.25) is 0 Å². The molecule has 16 nitrogen and oxygen atoms in total. The summed E-state index contributed by atoms with van der Waals surface area (Å²) in [4.78, 5) is 76.1. The van der Waals surface area contributed by atoms with Gasteiger partial charge in [-0.25, -0.2) is 4.79 Å². The number of rotatable bonds is 18. The fourth-order valence-corrected chi connectivity index (χ4v) is 3.08. The lowest BCUT2D eigenvalue weighted by atomic mass is 10.0. The zero-order chi connectivity index (χ0) is 28.7. The van der Waals surface area contributed by atoms with Crippen LogP contribution >= 0.6 is 0 Å². The van der Waals surface area contributed by atoms with Gasteiger partial charge in [-0.05, 0) is 31.6 Å². The molecule has 0 bridgehead atoms. The van der Waals surface area contributed by atoms with Gasteiger partial charge >= 0.3 is 5.97 Å². The van der Waals surface area contributed by atoms with Crippen molar-refractivity contribution in [2.75, 3.05) is 6.54 Å². The summed E-state index contributed by atoms with van der Waals surface area (Å²) < 4.78 is 0. The number of hydrogen-bond acceptors (Lipinski definition) is 8. The largest absolute Gasteiger partial charge is 0.480 e. The van der Waals surface area contributed by atoms with Gasteiger partial charge < -0.3 is 49.7 Å². The van der Waals surface area contributed by atoms with Crippen molar-refractivity contribution in [2.24, 2.45) is 39.6 Å². The Morgan fingerprint density at radius 1 is 0.757 bits per heavy atom. The molecule has 0 radical (unpaired) electrons. The van der Waals surface area contributed by atoms with Crippen molar-refractivity contribution in [3.63, 3.8) is 0 Å². The third-order valence-electron chi connectivity index (χ3n) is 5.16. The first kappa shape index (κ1) is 33.0. The summed E-state index contributed by atoms with van der Waals surface area (Å²) in [5.41, 5.74) is 26.6. The molecule has 37 heavy (non-hydrogen) atoms. The molecule has 0 fully saturated rings. The average Bonchev–Trinajstić information content (AvgIpc) is 2.78. The van der Waals surface area contributed by atoms with E-state index in [0.29, 0.717) is 6.42 Å². The number of aliphatic carboxylic acids is 1. The van der Waals surface area contributed by atoms with Crippen LogP contribution in [-0.4, -0.2) is 77.3 Å². The summed E-state index contributed by atoms with van der Waals surface area (Å²) in [7, 11) is 0. The molecule has 0 aliphatic rings. The lowest BCUT2D eigenvalue weighted by molar-refractivity contribution is -0.143. The van der Waals surface area contributed by atoms with Gasteiger partial charge in [0.25, 0.3) is 0 Å². The summed E-state index contributed by atoms with van der Waals surface area (Å²) in [6, 6.07) is -4.97. The highest BCUT2D eigenvalue weighted by atomic mass is 16.4. The zero-order valence-corrected chi connectivity index (χ0v) is 21.1. The van der Waals surface area contributed by atoms with Gasteiger partial charge in [0.1, 0.15) is 18.1 Å². The molecule has 4 unspecified atom stereocenters. The second-order valence-electron chi connectivity index (χ2n) is 8.76. The predicted molar refractivity (Wildman–Crippen MR) is 133 cm³/mol. The molecule has 0 saturated carbocycles. The SMILES string of the molecule is CC(C)C(NC(=O)C(CCC(N)=O)NC(=O)C(CCC(N)=O)NC(=O)C(N)CCCN=C(N)N)C(=O)O. The van der Waals surface area contributed by atoms with Gasteiger partial charge in [0.2, 0.25) is 29.5 Å². The molecule has 210 valence electrons. The van der Waals surface area contributed by atoms with Crippen molar-refractivity contribution < 1.29 is 33.9 Å². The van der Waals surface area contributed by atoms with E-state index in [9.17, 15) is 33.9 Å². The van der Waals surface area contributed by atoms with Crippen LogP contribution in [0.4, 0.5) is 0 Å². The van der Waals surface area contributed by atoms with E-state index in [0.717, 1.165) is 0 Å². The monoisotopic (exact) mass is 529 g/mol. The van der Waals surface area contributed by atoms with Crippen LogP contribution in [0.15, 0.2) is 4.99 Å². The van der Waals surface area contributed by atoms with Gasteiger partial charge in [0.05, 0.1) is 6.04 Å². The maximum atomic E-state index is 13.0. The molecule has 0 aromatic rings. The molecule has 0 rings (SSSR count). The number of guanidine groups is 1. The summed E-state index contributed by atoms with van der Waals surface area (Å²) in [6.45, 7) is 3.39. The Hall–Kier alpha value is -3.95. The zero-order valence-electron chi connectivity index (χ0n) is 21.1. The minimum absolute atomic E-state index is 0.112. The molecule has 0 aromatic carbocycles. The van der Waals surface area contributed by atoms with Crippen molar-refractivity contribution in [1.82, 2.24) is 16.0 Å². The summed E-state index contributed by atoms with van der Waals surface area (Å²) in [5.74, 6) is -5.82. The van der Waals surface area contributed by atoms with Crippen LogP contribution in [0.3, 0.4) is 0 Å². The lowest BCUT2D eigenvalue weighted by Gasteiger charge is -2.26. The first-order valence-corrected chi connectivity index (χ1v) is 11.7. The van der Waals surface area contributed by atoms with Gasteiger partial charge in [-0.3, -0.25) is 29.0 Å².